The van der Waals surface area contributed by atoms with E-state index in [9.17, 15) is 4.79 Å². The molecule has 8 nitrogen and oxygen atoms in total. The first kappa shape index (κ1) is 22.1. The number of nitrogens with zero attached hydrogens (tertiary/aromatic N) is 3. The normalized spacial score (nSPS) is 15.2. The molecule has 4 aromatic rings. The third-order valence-corrected chi connectivity index (χ3v) is 6.60. The van der Waals surface area contributed by atoms with Gasteiger partial charge in [0.15, 0.2) is 18.1 Å². The van der Waals surface area contributed by atoms with E-state index in [1.807, 2.05) is 83.7 Å². The van der Waals surface area contributed by atoms with E-state index in [0.29, 0.717) is 35.2 Å². The summed E-state index contributed by atoms with van der Waals surface area (Å²) < 4.78 is 18.8. The summed E-state index contributed by atoms with van der Waals surface area (Å²) in [7, 11) is 0. The van der Waals surface area contributed by atoms with Gasteiger partial charge in [-0.15, -0.1) is 11.3 Å². The standard InChI is InChI=1S/C27H22N4O4S/c1-17(18-7-10-24-25(14-18)34-12-11-33-24)30-31-22(16-36-27(31)28-20-5-3-2-4-6-20)19-8-9-23-21(13-19)29-26(32)15-35-23/h2-10,13-14,16H,11-12,15H2,1H3,(H,29,32). The van der Waals surface area contributed by atoms with E-state index in [0.717, 1.165) is 34.0 Å². The molecular weight excluding hydrogens is 476 g/mol. The van der Waals surface area contributed by atoms with E-state index < -0.39 is 0 Å². The van der Waals surface area contributed by atoms with Crippen molar-refractivity contribution in [3.8, 4) is 28.5 Å². The average Bonchev–Trinajstić information content (AvgIpc) is 3.30. The Hall–Kier alpha value is -4.37. The number of nitrogens with one attached hydrogen (secondary N) is 1. The van der Waals surface area contributed by atoms with Crippen LogP contribution in [0, 0.1) is 0 Å². The fourth-order valence-corrected chi connectivity index (χ4v) is 4.85. The van der Waals surface area contributed by atoms with Gasteiger partial charge in [-0.3, -0.25) is 4.79 Å². The predicted octanol–water partition coefficient (Wildman–Crippen LogP) is 4.82. The van der Waals surface area contributed by atoms with E-state index in [2.05, 4.69) is 5.32 Å². The van der Waals surface area contributed by atoms with Crippen LogP contribution in [0.1, 0.15) is 12.5 Å². The average molecular weight is 499 g/mol. The fraction of sp³-hybridized carbons (Fsp3) is 0.148. The van der Waals surface area contributed by atoms with Crippen LogP contribution in [0.25, 0.3) is 11.3 Å². The second-order valence-corrected chi connectivity index (χ2v) is 9.09. The van der Waals surface area contributed by atoms with Gasteiger partial charge in [0.1, 0.15) is 19.0 Å². The molecule has 6 rings (SSSR count). The first-order chi connectivity index (χ1) is 17.6. The van der Waals surface area contributed by atoms with Gasteiger partial charge in [0, 0.05) is 16.5 Å². The van der Waals surface area contributed by atoms with Gasteiger partial charge < -0.3 is 19.5 Å². The quantitative estimate of drug-likeness (QED) is 0.409. The maximum atomic E-state index is 11.9. The molecule has 0 saturated carbocycles. The fourth-order valence-electron chi connectivity index (χ4n) is 4.00. The van der Waals surface area contributed by atoms with Crippen molar-refractivity contribution in [2.45, 2.75) is 6.92 Å². The number of benzene rings is 3. The molecular formula is C27H22N4O4S. The second-order valence-electron chi connectivity index (χ2n) is 8.25. The molecule has 2 aliphatic rings. The van der Waals surface area contributed by atoms with E-state index >= 15 is 0 Å². The van der Waals surface area contributed by atoms with Gasteiger partial charge in [-0.05, 0) is 55.5 Å². The van der Waals surface area contributed by atoms with Crippen LogP contribution in [0.3, 0.4) is 0 Å². The topological polar surface area (TPSA) is 86.4 Å². The van der Waals surface area contributed by atoms with Gasteiger partial charge >= 0.3 is 0 Å². The number of carbonyl (C=O) groups excluding carboxylic acids is 1. The molecule has 180 valence electrons. The van der Waals surface area contributed by atoms with Gasteiger partial charge in [0.25, 0.3) is 5.91 Å². The molecule has 0 atom stereocenters. The first-order valence-electron chi connectivity index (χ1n) is 11.5. The Balaban J connectivity index is 1.47. The molecule has 0 aliphatic carbocycles. The monoisotopic (exact) mass is 498 g/mol. The maximum absolute atomic E-state index is 11.9. The summed E-state index contributed by atoms with van der Waals surface area (Å²) in [4.78, 5) is 17.4. The zero-order chi connectivity index (χ0) is 24.5. The summed E-state index contributed by atoms with van der Waals surface area (Å²) in [6.45, 7) is 3.04. The molecule has 0 saturated heterocycles. The highest BCUT2D eigenvalue weighted by Gasteiger charge is 2.18. The Morgan fingerprint density at radius 3 is 2.61 bits per heavy atom. The Kier molecular flexibility index (Phi) is 5.74. The van der Waals surface area contributed by atoms with Gasteiger partial charge in [-0.2, -0.15) is 5.10 Å². The lowest BCUT2D eigenvalue weighted by Gasteiger charge is -2.19. The molecule has 3 heterocycles. The van der Waals surface area contributed by atoms with Crippen molar-refractivity contribution in [3.05, 3.63) is 82.5 Å². The van der Waals surface area contributed by atoms with Crippen LogP contribution in [0.5, 0.6) is 17.2 Å². The molecule has 0 bridgehead atoms. The molecule has 36 heavy (non-hydrogen) atoms. The highest BCUT2D eigenvalue weighted by molar-refractivity contribution is 7.07. The number of fused-ring (bicyclic) bond motifs is 2. The number of hydrogen-bond acceptors (Lipinski definition) is 7. The van der Waals surface area contributed by atoms with Crippen LogP contribution in [0.4, 0.5) is 11.4 Å². The Morgan fingerprint density at radius 2 is 1.75 bits per heavy atom. The van der Waals surface area contributed by atoms with Crippen LogP contribution >= 0.6 is 11.3 Å². The number of ether oxygens (including phenoxy) is 3. The lowest BCUT2D eigenvalue weighted by molar-refractivity contribution is -0.118. The minimum absolute atomic E-state index is 0.0178. The summed E-state index contributed by atoms with van der Waals surface area (Å²) >= 11 is 1.49. The van der Waals surface area contributed by atoms with Crippen molar-refractivity contribution in [2.75, 3.05) is 25.1 Å². The highest BCUT2D eigenvalue weighted by atomic mass is 32.1. The first-order valence-corrected chi connectivity index (χ1v) is 12.3. The van der Waals surface area contributed by atoms with Gasteiger partial charge in [0.2, 0.25) is 4.80 Å². The van der Waals surface area contributed by atoms with Crippen molar-refractivity contribution < 1.29 is 19.0 Å². The number of aromatic nitrogens is 1. The third kappa shape index (κ3) is 4.36. The van der Waals surface area contributed by atoms with Crippen molar-refractivity contribution in [2.24, 2.45) is 10.1 Å². The van der Waals surface area contributed by atoms with Crippen LogP contribution in [0.15, 0.2) is 82.2 Å². The molecule has 0 unspecified atom stereocenters. The Bertz CT molecular complexity index is 1560. The predicted molar refractivity (Wildman–Crippen MR) is 139 cm³/mol. The minimum atomic E-state index is -0.176. The van der Waals surface area contributed by atoms with E-state index in [-0.39, 0.29) is 12.5 Å². The summed E-state index contributed by atoms with van der Waals surface area (Å²) in [6.07, 6.45) is 0. The molecule has 1 amide bonds. The van der Waals surface area contributed by atoms with Gasteiger partial charge in [-0.25, -0.2) is 9.67 Å². The van der Waals surface area contributed by atoms with Gasteiger partial charge in [0.05, 0.1) is 22.8 Å². The molecule has 0 radical (unpaired) electrons. The van der Waals surface area contributed by atoms with Crippen LogP contribution in [-0.4, -0.2) is 36.1 Å². The Morgan fingerprint density at radius 1 is 0.944 bits per heavy atom. The SMILES string of the molecule is CC(=Nn1c(-c2ccc3c(c2)NC(=O)CO3)csc1=Nc1ccccc1)c1ccc2c(c1)OCCO2. The molecule has 1 aromatic heterocycles. The smallest absolute Gasteiger partial charge is 0.262 e. The Labute approximate surface area is 211 Å². The van der Waals surface area contributed by atoms with E-state index in [1.165, 1.54) is 11.3 Å². The maximum Gasteiger partial charge on any atom is 0.262 e. The van der Waals surface area contributed by atoms with E-state index in [1.54, 1.807) is 0 Å². The third-order valence-electron chi connectivity index (χ3n) is 5.78. The van der Waals surface area contributed by atoms with E-state index in [4.69, 9.17) is 24.3 Å². The van der Waals surface area contributed by atoms with Crippen molar-refractivity contribution >= 4 is 34.3 Å². The zero-order valence-corrected chi connectivity index (χ0v) is 20.2. The lowest BCUT2D eigenvalue weighted by atomic mass is 10.1. The summed E-state index contributed by atoms with van der Waals surface area (Å²) in [5.41, 5.74) is 4.89. The molecule has 1 N–H and O–H groups in total. The number of rotatable bonds is 4. The summed E-state index contributed by atoms with van der Waals surface area (Å²) in [6, 6.07) is 21.3. The largest absolute Gasteiger partial charge is 0.486 e. The number of carbonyl (C=O) groups is 1. The van der Waals surface area contributed by atoms with Crippen molar-refractivity contribution in [1.82, 2.24) is 4.68 Å². The summed E-state index contributed by atoms with van der Waals surface area (Å²) in [5, 5.41) is 9.86. The van der Waals surface area contributed by atoms with Crippen molar-refractivity contribution in [1.29, 1.82) is 0 Å². The molecule has 2 aliphatic heterocycles. The highest BCUT2D eigenvalue weighted by Crippen LogP contribution is 2.34. The lowest BCUT2D eigenvalue weighted by Crippen LogP contribution is -2.25. The second kappa shape index (κ2) is 9.35. The minimum Gasteiger partial charge on any atom is -0.486 e. The van der Waals surface area contributed by atoms with Crippen LogP contribution < -0.4 is 24.3 Å². The molecule has 9 heteroatoms. The van der Waals surface area contributed by atoms with Crippen LogP contribution in [0.2, 0.25) is 0 Å². The van der Waals surface area contributed by atoms with Gasteiger partial charge in [-0.1, -0.05) is 18.2 Å². The number of thiazole rings is 1. The number of hydrogen-bond donors (Lipinski definition) is 1. The number of para-hydroxylation sites is 1. The zero-order valence-electron chi connectivity index (χ0n) is 19.4. The molecule has 0 spiro atoms. The molecule has 3 aromatic carbocycles. The van der Waals surface area contributed by atoms with Crippen LogP contribution in [-0.2, 0) is 4.79 Å². The molecule has 0 fully saturated rings. The number of amides is 1. The number of anilines is 1. The summed E-state index contributed by atoms with van der Waals surface area (Å²) in [5.74, 6) is 1.92. The van der Waals surface area contributed by atoms with Crippen molar-refractivity contribution in [3.63, 3.8) is 0 Å².